The van der Waals surface area contributed by atoms with Gasteiger partial charge in [-0.05, 0) is 33.3 Å². The van der Waals surface area contributed by atoms with Gasteiger partial charge in [0.05, 0.1) is 36.9 Å². The Morgan fingerprint density at radius 1 is 1.13 bits per heavy atom. The molecule has 4 heterocycles. The molecule has 13 nitrogen and oxygen atoms in total. The van der Waals surface area contributed by atoms with Crippen LogP contribution in [0.25, 0.3) is 11.5 Å². The van der Waals surface area contributed by atoms with Crippen LogP contribution in [-0.2, 0) is 27.7 Å². The van der Waals surface area contributed by atoms with Crippen LogP contribution in [0, 0.1) is 13.8 Å². The van der Waals surface area contributed by atoms with Gasteiger partial charge in [0, 0.05) is 24.9 Å². The average molecular weight is 543 g/mol. The van der Waals surface area contributed by atoms with Crippen molar-refractivity contribution in [3.63, 3.8) is 0 Å². The Bertz CT molecular complexity index is 1500. The topological polar surface area (TPSA) is 160 Å². The van der Waals surface area contributed by atoms with Crippen molar-refractivity contribution >= 4 is 16.0 Å². The first kappa shape index (κ1) is 27.1. The van der Waals surface area contributed by atoms with E-state index in [9.17, 15) is 8.42 Å². The van der Waals surface area contributed by atoms with E-state index in [1.165, 1.54) is 27.3 Å². The van der Waals surface area contributed by atoms with E-state index in [1.54, 1.807) is 42.8 Å². The van der Waals surface area contributed by atoms with E-state index in [1.807, 2.05) is 6.92 Å². The Hall–Kier alpha value is -3.91. The van der Waals surface area contributed by atoms with Crippen molar-refractivity contribution in [3.8, 4) is 17.4 Å². The molecule has 0 aliphatic rings. The summed E-state index contributed by atoms with van der Waals surface area (Å²) in [6, 6.07) is 5.20. The summed E-state index contributed by atoms with van der Waals surface area (Å²) in [6.07, 6.45) is 2.83. The van der Waals surface area contributed by atoms with E-state index in [0.29, 0.717) is 41.0 Å². The van der Waals surface area contributed by atoms with Crippen molar-refractivity contribution < 1.29 is 22.4 Å². The van der Waals surface area contributed by atoms with Gasteiger partial charge in [0.1, 0.15) is 22.8 Å². The molecule has 0 aliphatic carbocycles. The number of hydrogen-bond donors (Lipinski definition) is 1. The summed E-state index contributed by atoms with van der Waals surface area (Å²) < 4.78 is 47.5. The highest BCUT2D eigenvalue weighted by Gasteiger charge is 2.34. The molecule has 4 aromatic rings. The molecule has 1 N–H and O–H groups in total. The third-order valence-electron chi connectivity index (χ3n) is 6.13. The maximum atomic E-state index is 13.5. The molecule has 0 fully saturated rings. The maximum absolute atomic E-state index is 13.5. The summed E-state index contributed by atoms with van der Waals surface area (Å²) in [4.78, 5) is 13.0. The fourth-order valence-corrected chi connectivity index (χ4v) is 5.10. The Kier molecular flexibility index (Phi) is 8.02. The van der Waals surface area contributed by atoms with Gasteiger partial charge in [0.2, 0.25) is 21.9 Å². The molecule has 4 rings (SSSR count). The summed E-state index contributed by atoms with van der Waals surface area (Å²) in [5, 5.41) is 11.5. The molecule has 0 spiro atoms. The maximum Gasteiger partial charge on any atom is 0.240 e. The molecule has 0 bridgehead atoms. The third-order valence-corrected chi connectivity index (χ3v) is 7.82. The molecule has 0 aromatic carbocycles. The molecule has 0 unspecified atom stereocenters. The predicted octanol–water partition coefficient (Wildman–Crippen LogP) is 2.87. The first-order valence-electron chi connectivity index (χ1n) is 11.9. The van der Waals surface area contributed by atoms with Crippen molar-refractivity contribution in [2.75, 3.05) is 18.9 Å². The fourth-order valence-electron chi connectivity index (χ4n) is 3.93. The summed E-state index contributed by atoms with van der Waals surface area (Å²) in [7, 11) is -1.11. The number of nitrogens with zero attached hydrogens (tertiary/aromatic N) is 7. The van der Waals surface area contributed by atoms with Crippen LogP contribution in [0.3, 0.4) is 0 Å². The lowest BCUT2D eigenvalue weighted by Gasteiger charge is -2.22. The molecule has 0 radical (unpaired) electrons. The number of methoxy groups -OCH3 is 2. The van der Waals surface area contributed by atoms with Gasteiger partial charge in [0.25, 0.3) is 0 Å². The zero-order valence-electron chi connectivity index (χ0n) is 22.0. The standard InChI is InChI=1S/C24H30N8O5S/c1-7-18-17(15(3)37-30-18)13-32-23(19-9-8-10-21(27-19)35-5)28-29-24(32)31-38(33,34)16(4)22(36-6)20-12-25-14(2)11-26-20/h8-12,16,22H,7,13H2,1-6H3,(H,29,31)/t16-,22-/m0/s1. The van der Waals surface area contributed by atoms with Gasteiger partial charge >= 0.3 is 0 Å². The second-order valence-electron chi connectivity index (χ2n) is 8.61. The molecular formula is C24H30N8O5S. The number of pyridine rings is 1. The number of anilines is 1. The molecule has 14 heteroatoms. The minimum Gasteiger partial charge on any atom is -0.481 e. The van der Waals surface area contributed by atoms with Crippen LogP contribution in [0.2, 0.25) is 0 Å². The van der Waals surface area contributed by atoms with Crippen molar-refractivity contribution in [3.05, 3.63) is 59.0 Å². The highest BCUT2D eigenvalue weighted by Crippen LogP contribution is 2.28. The van der Waals surface area contributed by atoms with Crippen molar-refractivity contribution in [2.24, 2.45) is 0 Å². The molecule has 0 aliphatic heterocycles. The highest BCUT2D eigenvalue weighted by molar-refractivity contribution is 7.93. The zero-order valence-corrected chi connectivity index (χ0v) is 22.9. The lowest BCUT2D eigenvalue weighted by Crippen LogP contribution is -2.33. The number of nitrogens with one attached hydrogen (secondary N) is 1. The van der Waals surface area contributed by atoms with Crippen LogP contribution in [0.5, 0.6) is 5.88 Å². The van der Waals surface area contributed by atoms with Crippen LogP contribution in [-0.4, -0.2) is 62.8 Å². The zero-order chi connectivity index (χ0) is 27.4. The van der Waals surface area contributed by atoms with Gasteiger partial charge in [-0.1, -0.05) is 18.1 Å². The number of rotatable bonds is 11. The second-order valence-corrected chi connectivity index (χ2v) is 10.6. The van der Waals surface area contributed by atoms with Crippen LogP contribution in [0.1, 0.15) is 48.4 Å². The van der Waals surface area contributed by atoms with Gasteiger partial charge in [-0.2, -0.15) is 0 Å². The number of aromatic nitrogens is 7. The average Bonchev–Trinajstić information content (AvgIpc) is 3.47. The van der Waals surface area contributed by atoms with Gasteiger partial charge in [0.15, 0.2) is 5.82 Å². The van der Waals surface area contributed by atoms with Crippen LogP contribution < -0.4 is 9.46 Å². The third kappa shape index (κ3) is 5.50. The molecule has 0 amide bonds. The van der Waals surface area contributed by atoms with E-state index in [2.05, 4.69) is 35.0 Å². The van der Waals surface area contributed by atoms with Crippen molar-refractivity contribution in [1.29, 1.82) is 0 Å². The predicted molar refractivity (Wildman–Crippen MR) is 138 cm³/mol. The monoisotopic (exact) mass is 542 g/mol. The van der Waals surface area contributed by atoms with Crippen LogP contribution in [0.4, 0.5) is 5.95 Å². The number of hydrogen-bond acceptors (Lipinski definition) is 11. The second kappa shape index (κ2) is 11.2. The summed E-state index contributed by atoms with van der Waals surface area (Å²) in [6.45, 7) is 7.28. The van der Waals surface area contributed by atoms with Gasteiger partial charge < -0.3 is 14.0 Å². The van der Waals surface area contributed by atoms with Crippen molar-refractivity contribution in [2.45, 2.75) is 52.0 Å². The Labute approximate surface area is 220 Å². The van der Waals surface area contributed by atoms with Crippen LogP contribution >= 0.6 is 0 Å². The smallest absolute Gasteiger partial charge is 0.240 e. The molecule has 2 atom stereocenters. The molecule has 202 valence electrons. The minimum atomic E-state index is -4.04. The Morgan fingerprint density at radius 3 is 2.58 bits per heavy atom. The number of sulfonamides is 1. The Balaban J connectivity index is 1.74. The largest absolute Gasteiger partial charge is 0.481 e. The molecule has 4 aromatic heterocycles. The lowest BCUT2D eigenvalue weighted by molar-refractivity contribution is 0.0985. The number of ether oxygens (including phenoxy) is 2. The van der Waals surface area contributed by atoms with E-state index in [4.69, 9.17) is 14.0 Å². The van der Waals surface area contributed by atoms with Gasteiger partial charge in [-0.25, -0.2) is 13.4 Å². The van der Waals surface area contributed by atoms with E-state index in [-0.39, 0.29) is 12.5 Å². The SMILES string of the molecule is CCc1noc(C)c1Cn1c(NS(=O)(=O)[C@@H](C)[C@H](OC)c2cnc(C)cn2)nnc1-c1cccc(OC)n1. The normalized spacial score (nSPS) is 13.3. The summed E-state index contributed by atoms with van der Waals surface area (Å²) in [5.41, 5.74) is 3.10. The van der Waals surface area contributed by atoms with Crippen LogP contribution in [0.15, 0.2) is 35.1 Å². The first-order chi connectivity index (χ1) is 18.2. The number of aryl methyl sites for hydroxylation is 3. The van der Waals surface area contributed by atoms with E-state index in [0.717, 1.165) is 11.3 Å². The quantitative estimate of drug-likeness (QED) is 0.297. The summed E-state index contributed by atoms with van der Waals surface area (Å²) >= 11 is 0. The minimum absolute atomic E-state index is 0.00367. The fraction of sp³-hybridized carbons (Fsp3) is 0.417. The molecular weight excluding hydrogens is 512 g/mol. The van der Waals surface area contributed by atoms with E-state index < -0.39 is 21.4 Å². The lowest BCUT2D eigenvalue weighted by atomic mass is 10.1. The van der Waals surface area contributed by atoms with Gasteiger partial charge in [-0.15, -0.1) is 10.2 Å². The molecule has 38 heavy (non-hydrogen) atoms. The molecule has 0 saturated carbocycles. The van der Waals surface area contributed by atoms with Crippen molar-refractivity contribution in [1.82, 2.24) is 34.9 Å². The van der Waals surface area contributed by atoms with E-state index >= 15 is 0 Å². The highest BCUT2D eigenvalue weighted by atomic mass is 32.2. The molecule has 0 saturated heterocycles. The van der Waals surface area contributed by atoms with Gasteiger partial charge in [-0.3, -0.25) is 19.3 Å². The summed E-state index contributed by atoms with van der Waals surface area (Å²) in [5.74, 6) is 1.33. The Morgan fingerprint density at radius 2 is 1.92 bits per heavy atom. The first-order valence-corrected chi connectivity index (χ1v) is 13.4.